The van der Waals surface area contributed by atoms with E-state index < -0.39 is 0 Å². The Hall–Kier alpha value is -1.04. The summed E-state index contributed by atoms with van der Waals surface area (Å²) in [6, 6.07) is 10.4. The largest absolute Gasteiger partial charge is 0.103 e. The van der Waals surface area contributed by atoms with Crippen LogP contribution in [0.2, 0.25) is 0 Å². The van der Waals surface area contributed by atoms with E-state index in [1.165, 1.54) is 12.0 Å². The number of hydrogen-bond donors (Lipinski definition) is 0. The molecule has 0 heteroatoms. The maximum atomic E-state index is 3.69. The molecule has 0 atom stereocenters. The number of allylic oxidation sites excluding steroid dienone is 1. The number of hydrogen-bond acceptors (Lipinski definition) is 0. The predicted octanol–water partition coefficient (Wildman–Crippen LogP) is 3.60. The Morgan fingerprint density at radius 1 is 1.08 bits per heavy atom. The van der Waals surface area contributed by atoms with Gasteiger partial charge in [-0.25, -0.2) is 0 Å². The Bertz CT molecular complexity index is 211. The minimum Gasteiger partial charge on any atom is -0.103 e. The van der Waals surface area contributed by atoms with Crippen molar-refractivity contribution in [3.05, 3.63) is 55.0 Å². The fraction of sp³-hybridized carbons (Fsp3) is 0.250. The van der Waals surface area contributed by atoms with Gasteiger partial charge in [-0.3, -0.25) is 0 Å². The van der Waals surface area contributed by atoms with Gasteiger partial charge in [0.05, 0.1) is 0 Å². The summed E-state index contributed by atoms with van der Waals surface area (Å²) in [5.41, 5.74) is 1.32. The molecule has 0 saturated carbocycles. The zero-order chi connectivity index (χ0) is 8.65. The van der Waals surface area contributed by atoms with E-state index in [4.69, 9.17) is 0 Å². The van der Waals surface area contributed by atoms with Gasteiger partial charge in [0.15, 0.2) is 0 Å². The third-order valence-corrected chi connectivity index (χ3v) is 1.79. The lowest BCUT2D eigenvalue weighted by Gasteiger charge is -1.98. The van der Waals surface area contributed by atoms with Crippen LogP contribution in [0.3, 0.4) is 0 Å². The number of benzene rings is 1. The highest BCUT2D eigenvalue weighted by molar-refractivity contribution is 5.21. The van der Waals surface area contributed by atoms with E-state index in [1.807, 2.05) is 12.1 Å². The minimum atomic E-state index is 1.11. The summed E-state index contributed by atoms with van der Waals surface area (Å²) in [6.07, 6.45) is 7.71. The number of rotatable bonds is 5. The maximum Gasteiger partial charge on any atom is -0.00930 e. The molecule has 1 aromatic rings. The van der Waals surface area contributed by atoms with Crippen LogP contribution in [0.15, 0.2) is 43.0 Å². The van der Waals surface area contributed by atoms with Crippen molar-refractivity contribution < 1.29 is 0 Å². The Balaban J connectivity index is 2.20. The minimum absolute atomic E-state index is 1.11. The number of unbranched alkanes of at least 4 members (excludes halogenated alkanes) is 2. The first kappa shape index (κ1) is 9.05. The monoisotopic (exact) mass is 159 g/mol. The van der Waals surface area contributed by atoms with Gasteiger partial charge < -0.3 is 0 Å². The van der Waals surface area contributed by atoms with Crippen molar-refractivity contribution in [2.75, 3.05) is 0 Å². The second kappa shape index (κ2) is 5.59. The SMILES string of the molecule is C=CCCC[CH]c1ccccc1. The highest BCUT2D eigenvalue weighted by atomic mass is 14.0. The smallest absolute Gasteiger partial charge is 0.00930 e. The van der Waals surface area contributed by atoms with E-state index in [-0.39, 0.29) is 0 Å². The summed E-state index contributed by atoms with van der Waals surface area (Å²) in [4.78, 5) is 0. The van der Waals surface area contributed by atoms with Crippen LogP contribution in [-0.4, -0.2) is 0 Å². The summed E-state index contributed by atoms with van der Waals surface area (Å²) >= 11 is 0. The van der Waals surface area contributed by atoms with Crippen molar-refractivity contribution in [1.82, 2.24) is 0 Å². The highest BCUT2D eigenvalue weighted by Crippen LogP contribution is 2.08. The third-order valence-electron chi connectivity index (χ3n) is 1.79. The van der Waals surface area contributed by atoms with Gasteiger partial charge in [-0.2, -0.15) is 0 Å². The molecular weight excluding hydrogens is 144 g/mol. The van der Waals surface area contributed by atoms with Crippen molar-refractivity contribution in [3.8, 4) is 0 Å². The molecule has 0 aromatic heterocycles. The summed E-state index contributed by atoms with van der Waals surface area (Å²) in [7, 11) is 0. The standard InChI is InChI=1S/C12H15/c1-2-3-4-6-9-12-10-7-5-8-11-12/h2,5,7-11H,1,3-4,6H2. The van der Waals surface area contributed by atoms with Crippen LogP contribution in [0, 0.1) is 6.42 Å². The Kier molecular flexibility index (Phi) is 4.22. The van der Waals surface area contributed by atoms with Crippen LogP contribution in [0.1, 0.15) is 24.8 Å². The lowest BCUT2D eigenvalue weighted by molar-refractivity contribution is 0.838. The van der Waals surface area contributed by atoms with Crippen molar-refractivity contribution in [1.29, 1.82) is 0 Å². The molecule has 0 N–H and O–H groups in total. The molecule has 12 heavy (non-hydrogen) atoms. The van der Waals surface area contributed by atoms with Gasteiger partial charge in [0, 0.05) is 0 Å². The van der Waals surface area contributed by atoms with Gasteiger partial charge in [-0.05, 0) is 31.2 Å². The average molecular weight is 159 g/mol. The van der Waals surface area contributed by atoms with Crippen LogP contribution in [-0.2, 0) is 0 Å². The zero-order valence-corrected chi connectivity index (χ0v) is 7.37. The predicted molar refractivity (Wildman–Crippen MR) is 53.9 cm³/mol. The van der Waals surface area contributed by atoms with Gasteiger partial charge in [0.2, 0.25) is 0 Å². The summed E-state index contributed by atoms with van der Waals surface area (Å²) in [5.74, 6) is 0. The van der Waals surface area contributed by atoms with E-state index in [1.54, 1.807) is 0 Å². The molecule has 0 nitrogen and oxygen atoms in total. The van der Waals surface area contributed by atoms with Gasteiger partial charge in [-0.1, -0.05) is 36.4 Å². The van der Waals surface area contributed by atoms with Crippen LogP contribution in [0.25, 0.3) is 0 Å². The van der Waals surface area contributed by atoms with Gasteiger partial charge >= 0.3 is 0 Å². The zero-order valence-electron chi connectivity index (χ0n) is 7.37. The molecule has 0 spiro atoms. The first-order valence-electron chi connectivity index (χ1n) is 4.42. The van der Waals surface area contributed by atoms with Gasteiger partial charge in [0.1, 0.15) is 0 Å². The molecule has 0 aliphatic rings. The molecule has 0 aliphatic carbocycles. The summed E-state index contributed by atoms with van der Waals surface area (Å²) < 4.78 is 0. The lowest BCUT2D eigenvalue weighted by atomic mass is 10.1. The van der Waals surface area contributed by atoms with E-state index in [2.05, 4.69) is 37.3 Å². The third kappa shape index (κ3) is 3.38. The lowest BCUT2D eigenvalue weighted by Crippen LogP contribution is -1.80. The quantitative estimate of drug-likeness (QED) is 0.455. The van der Waals surface area contributed by atoms with E-state index in [0.717, 1.165) is 12.8 Å². The fourth-order valence-electron chi connectivity index (χ4n) is 1.12. The van der Waals surface area contributed by atoms with Gasteiger partial charge in [-0.15, -0.1) is 6.58 Å². The molecule has 1 rings (SSSR count). The van der Waals surface area contributed by atoms with Crippen LogP contribution in [0.5, 0.6) is 0 Å². The van der Waals surface area contributed by atoms with E-state index >= 15 is 0 Å². The van der Waals surface area contributed by atoms with Crippen LogP contribution in [0.4, 0.5) is 0 Å². The first-order chi connectivity index (χ1) is 5.93. The van der Waals surface area contributed by atoms with Crippen molar-refractivity contribution in [2.45, 2.75) is 19.3 Å². The van der Waals surface area contributed by atoms with Crippen molar-refractivity contribution >= 4 is 0 Å². The molecule has 0 amide bonds. The summed E-state index contributed by atoms with van der Waals surface area (Å²) in [5, 5.41) is 0. The Morgan fingerprint density at radius 3 is 2.50 bits per heavy atom. The van der Waals surface area contributed by atoms with Gasteiger partial charge in [0.25, 0.3) is 0 Å². The molecule has 1 aromatic carbocycles. The Morgan fingerprint density at radius 2 is 1.83 bits per heavy atom. The van der Waals surface area contributed by atoms with E-state index in [0.29, 0.717) is 0 Å². The highest BCUT2D eigenvalue weighted by Gasteiger charge is 1.90. The molecule has 0 aliphatic heterocycles. The van der Waals surface area contributed by atoms with Crippen LogP contribution < -0.4 is 0 Å². The molecule has 0 saturated heterocycles. The molecule has 63 valence electrons. The van der Waals surface area contributed by atoms with Crippen molar-refractivity contribution in [2.24, 2.45) is 0 Å². The molecule has 1 radical (unpaired) electrons. The molecular formula is C12H15. The Labute approximate surface area is 74.9 Å². The van der Waals surface area contributed by atoms with Crippen molar-refractivity contribution in [3.63, 3.8) is 0 Å². The normalized spacial score (nSPS) is 9.67. The van der Waals surface area contributed by atoms with Crippen LogP contribution >= 0.6 is 0 Å². The average Bonchev–Trinajstić information content (AvgIpc) is 2.14. The molecule has 0 unspecified atom stereocenters. The molecule has 0 fully saturated rings. The maximum absolute atomic E-state index is 3.69. The molecule has 0 bridgehead atoms. The topological polar surface area (TPSA) is 0 Å². The molecule has 0 heterocycles. The first-order valence-corrected chi connectivity index (χ1v) is 4.42. The second-order valence-corrected chi connectivity index (χ2v) is 2.83. The van der Waals surface area contributed by atoms with E-state index in [9.17, 15) is 0 Å². The summed E-state index contributed by atoms with van der Waals surface area (Å²) in [6.45, 7) is 3.69. The second-order valence-electron chi connectivity index (χ2n) is 2.83. The fourth-order valence-corrected chi connectivity index (χ4v) is 1.12.